The molecule has 36 heavy (non-hydrogen) atoms. The van der Waals surface area contributed by atoms with Gasteiger partial charge < -0.3 is 24.4 Å². The van der Waals surface area contributed by atoms with Crippen LogP contribution in [0.3, 0.4) is 0 Å². The van der Waals surface area contributed by atoms with Crippen molar-refractivity contribution in [3.05, 3.63) is 48.0 Å². The summed E-state index contributed by atoms with van der Waals surface area (Å²) in [6.07, 6.45) is 1.11. The maximum Gasteiger partial charge on any atom is 0.305 e. The molecular formula is C26H30F2N2O6. The summed E-state index contributed by atoms with van der Waals surface area (Å²) in [5.74, 6) is -3.06. The number of carbonyl (C=O) groups is 3. The normalized spacial score (nSPS) is 16.2. The van der Waals surface area contributed by atoms with Gasteiger partial charge in [-0.05, 0) is 36.6 Å². The zero-order chi connectivity index (χ0) is 26.4. The predicted molar refractivity (Wildman–Crippen MR) is 128 cm³/mol. The van der Waals surface area contributed by atoms with E-state index in [2.05, 4.69) is 0 Å². The number of ether oxygens (including phenoxy) is 2. The monoisotopic (exact) mass is 504 g/mol. The van der Waals surface area contributed by atoms with E-state index < -0.39 is 30.1 Å². The SMILES string of the molecule is COc1cc(F)c(F)cc1-c1ccc(OCC2CCCN(C(=O)C(CC(=O)O)N(C)C(C)=O)C2)cc1. The standard InChI is InChI=1S/C26H30F2N2O6/c1-16(31)29(2)23(13-25(32)33)26(34)30-10-4-5-17(14-30)15-36-19-8-6-18(7-9-19)20-11-21(27)22(28)12-24(20)35-3/h6-9,11-12,17,23H,4-5,10,13-15H2,1-3H3,(H,32,33). The molecular weight excluding hydrogens is 474 g/mol. The fourth-order valence-electron chi connectivity index (χ4n) is 4.25. The third-order valence-electron chi connectivity index (χ3n) is 6.34. The molecule has 2 unspecified atom stereocenters. The molecule has 2 amide bonds. The number of likely N-dealkylation sites (tertiary alicyclic amines) is 1. The third-order valence-corrected chi connectivity index (χ3v) is 6.34. The summed E-state index contributed by atoms with van der Waals surface area (Å²) in [5, 5.41) is 9.20. The highest BCUT2D eigenvalue weighted by atomic mass is 19.2. The minimum absolute atomic E-state index is 0.0294. The smallest absolute Gasteiger partial charge is 0.305 e. The van der Waals surface area contributed by atoms with Crippen LogP contribution >= 0.6 is 0 Å². The molecule has 10 heteroatoms. The summed E-state index contributed by atoms with van der Waals surface area (Å²) in [5.41, 5.74) is 1.04. The van der Waals surface area contributed by atoms with Crippen molar-refractivity contribution in [1.82, 2.24) is 9.80 Å². The maximum absolute atomic E-state index is 13.7. The number of aliphatic carboxylic acids is 1. The number of carbonyl (C=O) groups excluding carboxylic acids is 2. The van der Waals surface area contributed by atoms with E-state index in [9.17, 15) is 28.3 Å². The van der Waals surface area contributed by atoms with Crippen molar-refractivity contribution in [2.24, 2.45) is 5.92 Å². The van der Waals surface area contributed by atoms with E-state index in [1.807, 2.05) is 0 Å². The van der Waals surface area contributed by atoms with E-state index in [4.69, 9.17) is 9.47 Å². The van der Waals surface area contributed by atoms with Gasteiger partial charge in [-0.3, -0.25) is 14.4 Å². The van der Waals surface area contributed by atoms with E-state index in [1.165, 1.54) is 26.0 Å². The number of rotatable bonds is 9. The Hall–Kier alpha value is -3.69. The van der Waals surface area contributed by atoms with Crippen molar-refractivity contribution < 1.29 is 37.7 Å². The molecule has 1 heterocycles. The van der Waals surface area contributed by atoms with Crippen molar-refractivity contribution >= 4 is 17.8 Å². The van der Waals surface area contributed by atoms with Gasteiger partial charge in [0.1, 0.15) is 17.5 Å². The Labute approximate surface area is 208 Å². The second-order valence-electron chi connectivity index (χ2n) is 8.84. The molecule has 2 aromatic carbocycles. The fourth-order valence-corrected chi connectivity index (χ4v) is 4.25. The molecule has 0 spiro atoms. The Balaban J connectivity index is 1.63. The second kappa shape index (κ2) is 11.8. The number of likely N-dealkylation sites (N-methyl/N-ethyl adjacent to an activating group) is 1. The lowest BCUT2D eigenvalue weighted by Crippen LogP contribution is -2.52. The molecule has 3 rings (SSSR count). The van der Waals surface area contributed by atoms with Gasteiger partial charge in [0.2, 0.25) is 11.8 Å². The first-order valence-electron chi connectivity index (χ1n) is 11.6. The number of halogens is 2. The van der Waals surface area contributed by atoms with Crippen molar-refractivity contribution in [3.8, 4) is 22.6 Å². The summed E-state index contributed by atoms with van der Waals surface area (Å²) in [6.45, 7) is 2.51. The van der Waals surface area contributed by atoms with Crippen molar-refractivity contribution in [2.75, 3.05) is 33.9 Å². The van der Waals surface area contributed by atoms with Crippen LogP contribution in [0.1, 0.15) is 26.2 Å². The van der Waals surface area contributed by atoms with Crippen LogP contribution in [-0.2, 0) is 14.4 Å². The summed E-state index contributed by atoms with van der Waals surface area (Å²) in [6, 6.07) is 7.89. The predicted octanol–water partition coefficient (Wildman–Crippen LogP) is 3.58. The number of carboxylic acid groups (broad SMARTS) is 1. The number of piperidine rings is 1. The Morgan fingerprint density at radius 3 is 2.44 bits per heavy atom. The van der Waals surface area contributed by atoms with Crippen LogP contribution in [0.2, 0.25) is 0 Å². The van der Waals surface area contributed by atoms with Gasteiger partial charge in [-0.1, -0.05) is 12.1 Å². The molecule has 8 nitrogen and oxygen atoms in total. The lowest BCUT2D eigenvalue weighted by molar-refractivity contribution is -0.150. The number of benzene rings is 2. The van der Waals surface area contributed by atoms with Gasteiger partial charge in [0.25, 0.3) is 0 Å². The van der Waals surface area contributed by atoms with E-state index in [0.29, 0.717) is 36.6 Å². The van der Waals surface area contributed by atoms with E-state index in [0.717, 1.165) is 25.0 Å². The fraction of sp³-hybridized carbons (Fsp3) is 0.423. The highest BCUT2D eigenvalue weighted by Crippen LogP contribution is 2.33. The topological polar surface area (TPSA) is 96.4 Å². The largest absolute Gasteiger partial charge is 0.496 e. The molecule has 0 saturated carbocycles. The zero-order valence-corrected chi connectivity index (χ0v) is 20.5. The minimum Gasteiger partial charge on any atom is -0.496 e. The van der Waals surface area contributed by atoms with Crippen LogP contribution in [0, 0.1) is 17.6 Å². The summed E-state index contributed by atoms with van der Waals surface area (Å²) in [4.78, 5) is 38.8. The van der Waals surface area contributed by atoms with Gasteiger partial charge in [0.15, 0.2) is 11.6 Å². The molecule has 1 aliphatic heterocycles. The molecule has 2 aromatic rings. The number of hydrogen-bond acceptors (Lipinski definition) is 5. The van der Waals surface area contributed by atoms with Gasteiger partial charge >= 0.3 is 5.97 Å². The quantitative estimate of drug-likeness (QED) is 0.561. The highest BCUT2D eigenvalue weighted by molar-refractivity contribution is 5.90. The van der Waals surface area contributed by atoms with Gasteiger partial charge in [0.05, 0.1) is 20.1 Å². The number of nitrogens with zero attached hydrogens (tertiary/aromatic N) is 2. The first-order valence-corrected chi connectivity index (χ1v) is 11.6. The Kier molecular flexibility index (Phi) is 8.84. The van der Waals surface area contributed by atoms with Crippen LogP contribution in [0.4, 0.5) is 8.78 Å². The first-order chi connectivity index (χ1) is 17.1. The Morgan fingerprint density at radius 1 is 1.17 bits per heavy atom. The molecule has 2 atom stereocenters. The molecule has 194 valence electrons. The van der Waals surface area contributed by atoms with Gasteiger partial charge in [0, 0.05) is 44.6 Å². The zero-order valence-electron chi connectivity index (χ0n) is 20.5. The van der Waals surface area contributed by atoms with Crippen LogP contribution in [0.5, 0.6) is 11.5 Å². The Bertz CT molecular complexity index is 1110. The summed E-state index contributed by atoms with van der Waals surface area (Å²) in [7, 11) is 2.81. The van der Waals surface area contributed by atoms with Crippen LogP contribution in [-0.4, -0.2) is 72.6 Å². The second-order valence-corrected chi connectivity index (χ2v) is 8.84. The van der Waals surface area contributed by atoms with E-state index in [1.54, 1.807) is 29.2 Å². The molecule has 0 aromatic heterocycles. The summed E-state index contributed by atoms with van der Waals surface area (Å²) < 4.78 is 38.3. The van der Waals surface area contributed by atoms with Crippen LogP contribution < -0.4 is 9.47 Å². The first kappa shape index (κ1) is 26.9. The molecule has 1 saturated heterocycles. The van der Waals surface area contributed by atoms with Crippen LogP contribution in [0.15, 0.2) is 36.4 Å². The van der Waals surface area contributed by atoms with Crippen LogP contribution in [0.25, 0.3) is 11.1 Å². The molecule has 0 aliphatic carbocycles. The van der Waals surface area contributed by atoms with E-state index in [-0.39, 0.29) is 23.5 Å². The lowest BCUT2D eigenvalue weighted by Gasteiger charge is -2.36. The molecule has 1 aliphatic rings. The average molecular weight is 505 g/mol. The van der Waals surface area contributed by atoms with Crippen molar-refractivity contribution in [1.29, 1.82) is 0 Å². The molecule has 0 radical (unpaired) electrons. The lowest BCUT2D eigenvalue weighted by atomic mass is 9.97. The van der Waals surface area contributed by atoms with Crippen molar-refractivity contribution in [3.63, 3.8) is 0 Å². The molecule has 1 fully saturated rings. The third kappa shape index (κ3) is 6.50. The van der Waals surface area contributed by atoms with Crippen molar-refractivity contribution in [2.45, 2.75) is 32.2 Å². The number of carboxylic acids is 1. The molecule has 1 N–H and O–H groups in total. The van der Waals surface area contributed by atoms with Gasteiger partial charge in [-0.15, -0.1) is 0 Å². The maximum atomic E-state index is 13.7. The Morgan fingerprint density at radius 2 is 1.83 bits per heavy atom. The highest BCUT2D eigenvalue weighted by Gasteiger charge is 2.34. The van der Waals surface area contributed by atoms with Gasteiger partial charge in [-0.2, -0.15) is 0 Å². The minimum atomic E-state index is -1.15. The van der Waals surface area contributed by atoms with E-state index >= 15 is 0 Å². The molecule has 0 bridgehead atoms. The summed E-state index contributed by atoms with van der Waals surface area (Å²) >= 11 is 0. The number of amides is 2. The average Bonchev–Trinajstić information content (AvgIpc) is 2.87. The number of hydrogen-bond donors (Lipinski definition) is 1. The number of methoxy groups -OCH3 is 1. The van der Waals surface area contributed by atoms with Gasteiger partial charge in [-0.25, -0.2) is 8.78 Å².